The number of fused-ring (bicyclic) bond motifs is 1. The van der Waals surface area contributed by atoms with Gasteiger partial charge in [0.25, 0.3) is 0 Å². The number of epoxide rings is 1. The Labute approximate surface area is 164 Å². The summed E-state index contributed by atoms with van der Waals surface area (Å²) in [6.45, 7) is 4.02. The molecule has 0 amide bonds. The third kappa shape index (κ3) is 3.39. The molecule has 2 heterocycles. The first-order valence-corrected chi connectivity index (χ1v) is 9.67. The lowest BCUT2D eigenvalue weighted by Crippen LogP contribution is -2.07. The average Bonchev–Trinajstić information content (AvgIpc) is 3.49. The topological polar surface area (TPSA) is 74.8 Å². The van der Waals surface area contributed by atoms with Crippen LogP contribution in [0.15, 0.2) is 48.7 Å². The fourth-order valence-electron chi connectivity index (χ4n) is 3.59. The second-order valence-corrected chi connectivity index (χ2v) is 7.18. The van der Waals surface area contributed by atoms with Crippen LogP contribution in [0.1, 0.15) is 47.4 Å². The van der Waals surface area contributed by atoms with Crippen molar-refractivity contribution in [3.05, 3.63) is 65.4 Å². The molecule has 2 atom stereocenters. The second-order valence-electron chi connectivity index (χ2n) is 7.18. The number of pyridine rings is 1. The minimum atomic E-state index is -0.179. The van der Waals surface area contributed by atoms with Gasteiger partial charge in [0.05, 0.1) is 23.4 Å². The molecule has 0 saturated carbocycles. The Hall–Kier alpha value is -2.76. The third-order valence-corrected chi connectivity index (χ3v) is 5.18. The maximum Gasteiger partial charge on any atom is 0.166 e. The summed E-state index contributed by atoms with van der Waals surface area (Å²) >= 11 is 0. The average molecular weight is 376 g/mol. The van der Waals surface area contributed by atoms with E-state index >= 15 is 0 Å². The van der Waals surface area contributed by atoms with E-state index in [9.17, 15) is 9.90 Å². The van der Waals surface area contributed by atoms with Gasteiger partial charge in [-0.3, -0.25) is 9.78 Å². The number of nitrogens with one attached hydrogen (secondary N) is 1. The van der Waals surface area contributed by atoms with Gasteiger partial charge in [-0.2, -0.15) is 0 Å². The van der Waals surface area contributed by atoms with Crippen molar-refractivity contribution in [2.45, 2.75) is 38.9 Å². The summed E-state index contributed by atoms with van der Waals surface area (Å²) in [5.41, 5.74) is 5.18. The number of nitrogens with zero attached hydrogens (tertiary/aromatic N) is 1. The molecular weight excluding hydrogens is 352 g/mol. The van der Waals surface area contributed by atoms with Crippen LogP contribution in [-0.2, 0) is 4.74 Å². The molecule has 4 rings (SSSR count). The van der Waals surface area contributed by atoms with E-state index in [1.165, 1.54) is 0 Å². The molecule has 1 saturated heterocycles. The molecule has 5 nitrogen and oxygen atoms in total. The van der Waals surface area contributed by atoms with Crippen LogP contribution in [0.3, 0.4) is 0 Å². The zero-order valence-corrected chi connectivity index (χ0v) is 16.1. The van der Waals surface area contributed by atoms with Gasteiger partial charge >= 0.3 is 0 Å². The Balaban J connectivity index is 1.87. The maximum atomic E-state index is 12.8. The molecule has 1 fully saturated rings. The second kappa shape index (κ2) is 7.70. The maximum absolute atomic E-state index is 12.8. The molecule has 1 aliphatic rings. The number of aliphatic hydroxyl groups is 1. The van der Waals surface area contributed by atoms with Crippen LogP contribution in [0.25, 0.3) is 10.9 Å². The van der Waals surface area contributed by atoms with Crippen molar-refractivity contribution in [3.8, 4) is 0 Å². The monoisotopic (exact) mass is 376 g/mol. The normalized spacial score (nSPS) is 18.2. The SMILES string of the molecule is CCCC(=O)c1cnc2c([C@@H]3O[C@H]3CO)cccc2c1Nc1ccccc1C. The van der Waals surface area contributed by atoms with E-state index in [1.54, 1.807) is 6.20 Å². The molecule has 2 aromatic carbocycles. The van der Waals surface area contributed by atoms with E-state index in [1.807, 2.05) is 56.3 Å². The number of hydrogen-bond donors (Lipinski definition) is 2. The first kappa shape index (κ1) is 18.6. The molecule has 2 N–H and O–H groups in total. The largest absolute Gasteiger partial charge is 0.394 e. The predicted octanol–water partition coefficient (Wildman–Crippen LogP) is 4.70. The smallest absolute Gasteiger partial charge is 0.166 e. The van der Waals surface area contributed by atoms with Crippen molar-refractivity contribution >= 4 is 28.1 Å². The van der Waals surface area contributed by atoms with Gasteiger partial charge < -0.3 is 15.2 Å². The van der Waals surface area contributed by atoms with E-state index in [0.717, 1.165) is 39.8 Å². The number of Topliss-reactive ketones (excluding diaryl/α,β-unsaturated/α-hetero) is 1. The first-order chi connectivity index (χ1) is 13.6. The van der Waals surface area contributed by atoms with Gasteiger partial charge in [0, 0.05) is 29.3 Å². The summed E-state index contributed by atoms with van der Waals surface area (Å²) in [6.07, 6.45) is 2.61. The van der Waals surface area contributed by atoms with E-state index in [-0.39, 0.29) is 24.6 Å². The number of anilines is 2. The number of rotatable bonds is 7. The highest BCUT2D eigenvalue weighted by Gasteiger charge is 2.41. The number of aliphatic hydroxyl groups excluding tert-OH is 1. The van der Waals surface area contributed by atoms with Crippen LogP contribution in [-0.4, -0.2) is 28.6 Å². The summed E-state index contributed by atoms with van der Waals surface area (Å²) in [5.74, 6) is 0.0780. The van der Waals surface area contributed by atoms with Gasteiger partial charge in [0.15, 0.2) is 5.78 Å². The lowest BCUT2D eigenvalue weighted by atomic mass is 9.99. The summed E-state index contributed by atoms with van der Waals surface area (Å²) in [7, 11) is 0. The summed E-state index contributed by atoms with van der Waals surface area (Å²) < 4.78 is 5.58. The molecule has 3 aromatic rings. The van der Waals surface area contributed by atoms with Gasteiger partial charge in [0.2, 0.25) is 0 Å². The standard InChI is InChI=1S/C23H24N2O3/c1-3-7-19(27)17-12-24-21-15(9-6-10-16(21)23-20(13-26)28-23)22(17)25-18-11-5-4-8-14(18)2/h4-6,8-12,20,23,26H,3,7,13H2,1-2H3,(H,24,25)/t20-,23-/m0/s1. The number of para-hydroxylation sites is 2. The van der Waals surface area contributed by atoms with Crippen LogP contribution in [0.2, 0.25) is 0 Å². The molecule has 0 radical (unpaired) electrons. The number of hydrogen-bond acceptors (Lipinski definition) is 5. The van der Waals surface area contributed by atoms with Crippen molar-refractivity contribution in [3.63, 3.8) is 0 Å². The molecule has 144 valence electrons. The van der Waals surface area contributed by atoms with Crippen LogP contribution >= 0.6 is 0 Å². The number of aromatic nitrogens is 1. The molecule has 0 aliphatic carbocycles. The minimum absolute atomic E-state index is 0.0115. The molecular formula is C23H24N2O3. The Morgan fingerprint density at radius 2 is 2.04 bits per heavy atom. The van der Waals surface area contributed by atoms with Gasteiger partial charge in [-0.05, 0) is 25.0 Å². The highest BCUT2D eigenvalue weighted by molar-refractivity contribution is 6.09. The minimum Gasteiger partial charge on any atom is -0.394 e. The molecule has 0 bridgehead atoms. The Kier molecular flexibility index (Phi) is 5.11. The number of aryl methyl sites for hydroxylation is 1. The van der Waals surface area contributed by atoms with Gasteiger partial charge in [-0.1, -0.05) is 43.3 Å². The van der Waals surface area contributed by atoms with Crippen LogP contribution in [0.5, 0.6) is 0 Å². The Bertz CT molecular complexity index is 1030. The van der Waals surface area contributed by atoms with Gasteiger partial charge in [-0.25, -0.2) is 0 Å². The summed E-state index contributed by atoms with van der Waals surface area (Å²) in [6, 6.07) is 13.9. The number of ether oxygens (including phenoxy) is 1. The molecule has 0 unspecified atom stereocenters. The number of benzene rings is 2. The Morgan fingerprint density at radius 1 is 1.21 bits per heavy atom. The van der Waals surface area contributed by atoms with Crippen molar-refractivity contribution in [2.75, 3.05) is 11.9 Å². The molecule has 28 heavy (non-hydrogen) atoms. The fraction of sp³-hybridized carbons (Fsp3) is 0.304. The van der Waals surface area contributed by atoms with E-state index in [2.05, 4.69) is 10.3 Å². The van der Waals surface area contributed by atoms with E-state index in [4.69, 9.17) is 4.74 Å². The van der Waals surface area contributed by atoms with Crippen LogP contribution in [0, 0.1) is 6.92 Å². The summed E-state index contributed by atoms with van der Waals surface area (Å²) in [5, 5.41) is 13.7. The van der Waals surface area contributed by atoms with Crippen molar-refractivity contribution < 1.29 is 14.6 Å². The van der Waals surface area contributed by atoms with E-state index < -0.39 is 0 Å². The predicted molar refractivity (Wildman–Crippen MR) is 110 cm³/mol. The van der Waals surface area contributed by atoms with Crippen molar-refractivity contribution in [2.24, 2.45) is 0 Å². The molecule has 5 heteroatoms. The van der Waals surface area contributed by atoms with Crippen LogP contribution < -0.4 is 5.32 Å². The van der Waals surface area contributed by atoms with Gasteiger partial charge in [0.1, 0.15) is 12.2 Å². The number of ketones is 1. The lowest BCUT2D eigenvalue weighted by molar-refractivity contribution is 0.0982. The fourth-order valence-corrected chi connectivity index (χ4v) is 3.59. The Morgan fingerprint density at radius 3 is 2.75 bits per heavy atom. The van der Waals surface area contributed by atoms with Crippen molar-refractivity contribution in [1.82, 2.24) is 4.98 Å². The first-order valence-electron chi connectivity index (χ1n) is 9.67. The highest BCUT2D eigenvalue weighted by Crippen LogP contribution is 2.42. The number of carbonyl (C=O) groups is 1. The zero-order chi connectivity index (χ0) is 19.7. The third-order valence-electron chi connectivity index (χ3n) is 5.18. The molecule has 0 spiro atoms. The van der Waals surface area contributed by atoms with Crippen LogP contribution in [0.4, 0.5) is 11.4 Å². The molecule has 1 aliphatic heterocycles. The van der Waals surface area contributed by atoms with Gasteiger partial charge in [-0.15, -0.1) is 0 Å². The molecule has 1 aromatic heterocycles. The number of carbonyl (C=O) groups excluding carboxylic acids is 1. The highest BCUT2D eigenvalue weighted by atomic mass is 16.6. The van der Waals surface area contributed by atoms with E-state index in [0.29, 0.717) is 12.0 Å². The van der Waals surface area contributed by atoms with Crippen molar-refractivity contribution in [1.29, 1.82) is 0 Å². The lowest BCUT2D eigenvalue weighted by Gasteiger charge is -2.16. The summed E-state index contributed by atoms with van der Waals surface area (Å²) in [4.78, 5) is 17.4. The quantitative estimate of drug-likeness (QED) is 0.462. The zero-order valence-electron chi connectivity index (χ0n) is 16.1.